The van der Waals surface area contributed by atoms with Crippen molar-refractivity contribution in [2.45, 2.75) is 10.9 Å². The van der Waals surface area contributed by atoms with Crippen LogP contribution in [0.1, 0.15) is 10.4 Å². The number of rotatable bonds is 3. The van der Waals surface area contributed by atoms with Crippen molar-refractivity contribution in [1.82, 2.24) is 20.2 Å². The van der Waals surface area contributed by atoms with Crippen LogP contribution in [-0.4, -0.2) is 31.9 Å². The number of aryl methyl sites for hydroxylation is 1. The van der Waals surface area contributed by atoms with E-state index in [-0.39, 0.29) is 6.61 Å². The minimum Gasteiger partial charge on any atom is -0.384 e. The summed E-state index contributed by atoms with van der Waals surface area (Å²) in [6.07, 6.45) is 0. The van der Waals surface area contributed by atoms with Gasteiger partial charge in [0.15, 0.2) is 0 Å². The second kappa shape index (κ2) is 5.82. The number of tetrazole rings is 1. The molecule has 0 aromatic carbocycles. The number of hydrogen-bond acceptors (Lipinski definition) is 6. The summed E-state index contributed by atoms with van der Waals surface area (Å²) >= 11 is 3.21. The van der Waals surface area contributed by atoms with Crippen LogP contribution in [0.15, 0.2) is 16.6 Å². The van der Waals surface area contributed by atoms with Gasteiger partial charge in [0.2, 0.25) is 5.16 Å². The molecule has 2 heterocycles. The second-order valence-corrected chi connectivity index (χ2v) is 5.03. The Balaban J connectivity index is 2.04. The van der Waals surface area contributed by atoms with Crippen LogP contribution in [0.4, 0.5) is 0 Å². The molecule has 0 atom stereocenters. The summed E-state index contributed by atoms with van der Waals surface area (Å²) in [4.78, 5) is 1.17. The van der Waals surface area contributed by atoms with Gasteiger partial charge in [-0.1, -0.05) is 23.6 Å². The number of thiophene rings is 1. The molecule has 2 aromatic rings. The summed E-state index contributed by atoms with van der Waals surface area (Å²) in [6.45, 7) is -0.115. The molecular formula is C10H10N4OS2. The predicted octanol–water partition coefficient (Wildman–Crippen LogP) is 0.908. The Morgan fingerprint density at radius 3 is 3.18 bits per heavy atom. The average Bonchev–Trinajstić information content (AvgIpc) is 2.93. The molecule has 0 radical (unpaired) electrons. The van der Waals surface area contributed by atoms with E-state index in [0.717, 1.165) is 16.5 Å². The van der Waals surface area contributed by atoms with Gasteiger partial charge >= 0.3 is 0 Å². The second-order valence-electron chi connectivity index (χ2n) is 3.09. The van der Waals surface area contributed by atoms with E-state index in [1.54, 1.807) is 27.8 Å². The molecule has 0 fully saturated rings. The highest BCUT2D eigenvalue weighted by atomic mass is 32.2. The Hall–Kier alpha value is -1.36. The molecule has 2 aromatic heterocycles. The highest BCUT2D eigenvalue weighted by Crippen LogP contribution is 2.25. The minimum atomic E-state index is -0.115. The Morgan fingerprint density at radius 2 is 2.47 bits per heavy atom. The van der Waals surface area contributed by atoms with Gasteiger partial charge in [-0.25, -0.2) is 4.68 Å². The van der Waals surface area contributed by atoms with E-state index in [1.165, 1.54) is 4.88 Å². The smallest absolute Gasteiger partial charge is 0.209 e. The molecule has 1 N–H and O–H groups in total. The van der Waals surface area contributed by atoms with Gasteiger partial charge in [-0.3, -0.25) is 0 Å². The quantitative estimate of drug-likeness (QED) is 0.661. The summed E-state index contributed by atoms with van der Waals surface area (Å²) in [5, 5.41) is 22.7. The summed E-state index contributed by atoms with van der Waals surface area (Å²) in [6, 6.07) is 1.96. The maximum atomic E-state index is 8.67. The van der Waals surface area contributed by atoms with Crippen molar-refractivity contribution in [3.05, 3.63) is 21.9 Å². The first kappa shape index (κ1) is 12.1. The molecule has 7 heteroatoms. The Bertz CT molecular complexity index is 552. The molecule has 0 saturated heterocycles. The van der Waals surface area contributed by atoms with Crippen LogP contribution in [0.5, 0.6) is 0 Å². The van der Waals surface area contributed by atoms with Crippen molar-refractivity contribution in [2.75, 3.05) is 6.61 Å². The van der Waals surface area contributed by atoms with E-state index in [1.807, 2.05) is 18.5 Å². The molecule has 17 heavy (non-hydrogen) atoms. The van der Waals surface area contributed by atoms with Crippen molar-refractivity contribution in [3.8, 4) is 11.8 Å². The predicted molar refractivity (Wildman–Crippen MR) is 66.6 cm³/mol. The zero-order chi connectivity index (χ0) is 12.1. The van der Waals surface area contributed by atoms with Crippen molar-refractivity contribution < 1.29 is 5.11 Å². The molecule has 0 spiro atoms. The van der Waals surface area contributed by atoms with Crippen molar-refractivity contribution in [1.29, 1.82) is 0 Å². The van der Waals surface area contributed by atoms with Gasteiger partial charge in [-0.15, -0.1) is 16.4 Å². The molecule has 0 amide bonds. The standard InChI is InChI=1S/C10H10N4OS2/c1-14-10(11-12-13-14)17-7-9-8(3-2-5-15)4-6-16-9/h4,6,15H,5,7H2,1H3. The van der Waals surface area contributed by atoms with Gasteiger partial charge in [-0.05, 0) is 21.9 Å². The van der Waals surface area contributed by atoms with Crippen LogP contribution >= 0.6 is 23.1 Å². The fraction of sp³-hybridized carbons (Fsp3) is 0.300. The van der Waals surface area contributed by atoms with Crippen LogP contribution < -0.4 is 0 Å². The Labute approximate surface area is 107 Å². The van der Waals surface area contributed by atoms with Gasteiger partial charge < -0.3 is 5.11 Å². The van der Waals surface area contributed by atoms with Gasteiger partial charge in [0.05, 0.1) is 0 Å². The van der Waals surface area contributed by atoms with Crippen molar-refractivity contribution in [2.24, 2.45) is 7.05 Å². The molecule has 0 aliphatic rings. The highest BCUT2D eigenvalue weighted by molar-refractivity contribution is 7.98. The molecular weight excluding hydrogens is 256 g/mol. The summed E-state index contributed by atoms with van der Waals surface area (Å²) in [7, 11) is 1.81. The lowest BCUT2D eigenvalue weighted by Crippen LogP contribution is -1.93. The topological polar surface area (TPSA) is 63.8 Å². The van der Waals surface area contributed by atoms with E-state index >= 15 is 0 Å². The normalized spacial score (nSPS) is 10.0. The van der Waals surface area contributed by atoms with E-state index in [4.69, 9.17) is 5.11 Å². The number of thioether (sulfide) groups is 1. The Morgan fingerprint density at radius 1 is 1.59 bits per heavy atom. The number of hydrogen-bond donors (Lipinski definition) is 1. The monoisotopic (exact) mass is 266 g/mol. The van der Waals surface area contributed by atoms with Gasteiger partial charge in [0, 0.05) is 23.2 Å². The fourth-order valence-electron chi connectivity index (χ4n) is 1.17. The van der Waals surface area contributed by atoms with E-state index in [2.05, 4.69) is 27.4 Å². The average molecular weight is 266 g/mol. The lowest BCUT2D eigenvalue weighted by Gasteiger charge is -1.97. The molecule has 2 rings (SSSR count). The number of aliphatic hydroxyl groups is 1. The fourth-order valence-corrected chi connectivity index (χ4v) is 2.97. The molecule has 0 aliphatic heterocycles. The lowest BCUT2D eigenvalue weighted by molar-refractivity contribution is 0.350. The first-order valence-electron chi connectivity index (χ1n) is 4.82. The molecule has 0 unspecified atom stereocenters. The minimum absolute atomic E-state index is 0.115. The van der Waals surface area contributed by atoms with E-state index < -0.39 is 0 Å². The van der Waals surface area contributed by atoms with Crippen LogP contribution in [0.3, 0.4) is 0 Å². The first-order chi connectivity index (χ1) is 8.31. The highest BCUT2D eigenvalue weighted by Gasteiger charge is 2.06. The van der Waals surface area contributed by atoms with Crippen molar-refractivity contribution in [3.63, 3.8) is 0 Å². The third-order valence-corrected chi connectivity index (χ3v) is 4.10. The largest absolute Gasteiger partial charge is 0.384 e. The number of aromatic nitrogens is 4. The summed E-state index contributed by atoms with van der Waals surface area (Å²) in [5.41, 5.74) is 0.965. The molecule has 0 aliphatic carbocycles. The number of aliphatic hydroxyl groups excluding tert-OH is 1. The third-order valence-electron chi connectivity index (χ3n) is 1.96. The zero-order valence-electron chi connectivity index (χ0n) is 9.12. The third kappa shape index (κ3) is 3.06. The van der Waals surface area contributed by atoms with Crippen LogP contribution in [-0.2, 0) is 12.8 Å². The van der Waals surface area contributed by atoms with Gasteiger partial charge in [0.1, 0.15) is 6.61 Å². The van der Waals surface area contributed by atoms with Crippen molar-refractivity contribution >= 4 is 23.1 Å². The zero-order valence-corrected chi connectivity index (χ0v) is 10.8. The molecule has 0 bridgehead atoms. The first-order valence-corrected chi connectivity index (χ1v) is 6.69. The van der Waals surface area contributed by atoms with Crippen LogP contribution in [0, 0.1) is 11.8 Å². The maximum absolute atomic E-state index is 8.67. The maximum Gasteiger partial charge on any atom is 0.209 e. The van der Waals surface area contributed by atoms with E-state index in [9.17, 15) is 0 Å². The van der Waals surface area contributed by atoms with E-state index in [0.29, 0.717) is 0 Å². The lowest BCUT2D eigenvalue weighted by atomic mass is 10.3. The van der Waals surface area contributed by atoms with Gasteiger partial charge in [-0.2, -0.15) is 0 Å². The van der Waals surface area contributed by atoms with Crippen LogP contribution in [0.25, 0.3) is 0 Å². The SMILES string of the molecule is Cn1nnnc1SCc1sccc1C#CCO. The summed E-state index contributed by atoms with van der Waals surface area (Å²) in [5.74, 6) is 6.36. The molecule has 0 saturated carbocycles. The molecule has 5 nitrogen and oxygen atoms in total. The van der Waals surface area contributed by atoms with Gasteiger partial charge in [0.25, 0.3) is 0 Å². The van der Waals surface area contributed by atoms with Crippen LogP contribution in [0.2, 0.25) is 0 Å². The Kier molecular flexibility index (Phi) is 4.14. The number of nitrogens with zero attached hydrogens (tertiary/aromatic N) is 4. The molecule has 88 valence electrons. The summed E-state index contributed by atoms with van der Waals surface area (Å²) < 4.78 is 1.64.